The van der Waals surface area contributed by atoms with Gasteiger partial charge in [-0.05, 0) is 84.5 Å². The van der Waals surface area contributed by atoms with E-state index in [0.717, 1.165) is 25.7 Å². The highest BCUT2D eigenvalue weighted by Gasteiger charge is 2.53. The van der Waals surface area contributed by atoms with Crippen LogP contribution in [0.1, 0.15) is 86.0 Å². The summed E-state index contributed by atoms with van der Waals surface area (Å²) in [4.78, 5) is 27.5. The second-order valence-corrected chi connectivity index (χ2v) is 11.5. The Balaban J connectivity index is 1.57. The molecular formula is C26H41NO4. The third-order valence-electron chi connectivity index (χ3n) is 8.19. The molecule has 0 radical (unpaired) electrons. The average molecular weight is 432 g/mol. The Labute approximate surface area is 187 Å². The van der Waals surface area contributed by atoms with E-state index in [9.17, 15) is 9.59 Å². The van der Waals surface area contributed by atoms with Crippen molar-refractivity contribution in [2.75, 3.05) is 0 Å². The van der Waals surface area contributed by atoms with Gasteiger partial charge in [0.25, 0.3) is 0 Å². The van der Waals surface area contributed by atoms with E-state index >= 15 is 0 Å². The van der Waals surface area contributed by atoms with Crippen molar-refractivity contribution in [1.29, 1.82) is 0 Å². The molecule has 8 atom stereocenters. The number of carbonyl (C=O) groups excluding carboxylic acids is 2. The van der Waals surface area contributed by atoms with Gasteiger partial charge < -0.3 is 9.47 Å². The Morgan fingerprint density at radius 3 is 2.55 bits per heavy atom. The molecule has 2 aliphatic carbocycles. The van der Waals surface area contributed by atoms with Crippen molar-refractivity contribution in [3.8, 4) is 0 Å². The minimum Gasteiger partial charge on any atom is -0.462 e. The molecule has 0 spiro atoms. The van der Waals surface area contributed by atoms with Gasteiger partial charge in [0.15, 0.2) is 0 Å². The van der Waals surface area contributed by atoms with E-state index in [1.165, 1.54) is 25.7 Å². The van der Waals surface area contributed by atoms with Crippen molar-refractivity contribution < 1.29 is 19.1 Å². The zero-order valence-corrected chi connectivity index (χ0v) is 20.0. The first-order valence-corrected chi connectivity index (χ1v) is 12.6. The topological polar surface area (TPSA) is 55.8 Å². The molecule has 0 N–H and O–H groups in total. The summed E-state index contributed by atoms with van der Waals surface area (Å²) < 4.78 is 11.5. The number of allylic oxidation sites excluding steroid dienone is 1. The molecule has 0 bridgehead atoms. The van der Waals surface area contributed by atoms with E-state index in [4.69, 9.17) is 9.47 Å². The van der Waals surface area contributed by atoms with Crippen molar-refractivity contribution in [2.24, 2.45) is 29.6 Å². The summed E-state index contributed by atoms with van der Waals surface area (Å²) in [5, 5.41) is 0. The molecule has 4 aliphatic rings. The van der Waals surface area contributed by atoms with Crippen LogP contribution in [0.2, 0.25) is 0 Å². The summed E-state index contributed by atoms with van der Waals surface area (Å²) in [5.41, 5.74) is -0.495. The summed E-state index contributed by atoms with van der Waals surface area (Å²) >= 11 is 0. The molecule has 0 aromatic rings. The Bertz CT molecular complexity index is 711. The zero-order chi connectivity index (χ0) is 22.3. The number of fused-ring (bicyclic) bond motifs is 2. The van der Waals surface area contributed by atoms with Crippen molar-refractivity contribution in [3.63, 3.8) is 0 Å². The maximum Gasteiger partial charge on any atom is 0.411 e. The van der Waals surface area contributed by atoms with Crippen molar-refractivity contribution >= 4 is 12.1 Å². The van der Waals surface area contributed by atoms with E-state index in [1.807, 2.05) is 25.7 Å². The van der Waals surface area contributed by atoms with Gasteiger partial charge in [-0.3, -0.25) is 9.69 Å². The number of amides is 1. The summed E-state index contributed by atoms with van der Waals surface area (Å²) in [7, 11) is 0. The van der Waals surface area contributed by atoms with Crippen LogP contribution in [-0.2, 0) is 14.3 Å². The van der Waals surface area contributed by atoms with Gasteiger partial charge in [0, 0.05) is 12.0 Å². The number of nitrogens with zero attached hydrogens (tertiary/aromatic N) is 1. The Kier molecular flexibility index (Phi) is 6.42. The van der Waals surface area contributed by atoms with Gasteiger partial charge in [-0.2, -0.15) is 0 Å². The number of rotatable bonds is 2. The molecule has 4 rings (SSSR count). The van der Waals surface area contributed by atoms with Crippen LogP contribution in [0, 0.1) is 29.6 Å². The molecule has 2 unspecified atom stereocenters. The van der Waals surface area contributed by atoms with Crippen LogP contribution < -0.4 is 0 Å². The third-order valence-corrected chi connectivity index (χ3v) is 8.19. The first-order valence-electron chi connectivity index (χ1n) is 12.6. The maximum atomic E-state index is 13.0. The predicted octanol–water partition coefficient (Wildman–Crippen LogP) is 5.72. The number of hydrogen-bond donors (Lipinski definition) is 0. The highest BCUT2D eigenvalue weighted by molar-refractivity contribution is 5.75. The van der Waals surface area contributed by atoms with Crippen LogP contribution in [0.25, 0.3) is 0 Å². The van der Waals surface area contributed by atoms with E-state index in [1.54, 1.807) is 0 Å². The Morgan fingerprint density at radius 1 is 1.06 bits per heavy atom. The van der Waals surface area contributed by atoms with E-state index in [-0.39, 0.29) is 42.1 Å². The molecule has 4 fully saturated rings. The van der Waals surface area contributed by atoms with Gasteiger partial charge >= 0.3 is 12.1 Å². The lowest BCUT2D eigenvalue weighted by molar-refractivity contribution is -0.144. The second-order valence-electron chi connectivity index (χ2n) is 11.5. The molecule has 0 aromatic heterocycles. The smallest absolute Gasteiger partial charge is 0.411 e. The van der Waals surface area contributed by atoms with Crippen LogP contribution in [0.4, 0.5) is 4.79 Å². The van der Waals surface area contributed by atoms with Crippen LogP contribution >= 0.6 is 0 Å². The molecule has 2 heterocycles. The lowest BCUT2D eigenvalue weighted by atomic mass is 9.57. The zero-order valence-electron chi connectivity index (χ0n) is 20.0. The molecular weight excluding hydrogens is 390 g/mol. The second kappa shape index (κ2) is 8.78. The minimum absolute atomic E-state index is 0.0118. The highest BCUT2D eigenvalue weighted by atomic mass is 16.6. The quantitative estimate of drug-likeness (QED) is 0.414. The van der Waals surface area contributed by atoms with Gasteiger partial charge in [0.05, 0.1) is 12.0 Å². The first-order chi connectivity index (χ1) is 14.7. The van der Waals surface area contributed by atoms with E-state index < -0.39 is 5.60 Å². The van der Waals surface area contributed by atoms with Crippen molar-refractivity contribution in [3.05, 3.63) is 12.2 Å². The van der Waals surface area contributed by atoms with E-state index in [2.05, 4.69) is 26.0 Å². The van der Waals surface area contributed by atoms with Gasteiger partial charge in [0.1, 0.15) is 11.7 Å². The summed E-state index contributed by atoms with van der Waals surface area (Å²) in [6, 6.07) is 0.240. The number of piperidine rings is 1. The minimum atomic E-state index is -0.495. The van der Waals surface area contributed by atoms with Gasteiger partial charge in [-0.1, -0.05) is 31.4 Å². The summed E-state index contributed by atoms with van der Waals surface area (Å²) in [6.07, 6.45) is 13.6. The van der Waals surface area contributed by atoms with Gasteiger partial charge in [-0.25, -0.2) is 4.79 Å². The van der Waals surface area contributed by atoms with Crippen molar-refractivity contribution in [2.45, 2.75) is 110 Å². The molecule has 2 saturated heterocycles. The largest absolute Gasteiger partial charge is 0.462 e. The number of likely N-dealkylation sites (tertiary alicyclic amines) is 1. The Morgan fingerprint density at radius 2 is 1.81 bits per heavy atom. The molecule has 1 amide bonds. The van der Waals surface area contributed by atoms with Crippen LogP contribution in [0.15, 0.2) is 12.2 Å². The number of ether oxygens (including phenoxy) is 2. The fraction of sp³-hybridized carbons (Fsp3) is 0.846. The fourth-order valence-electron chi connectivity index (χ4n) is 6.89. The standard InChI is InChI=1S/C26H41NO4/c1-16-9-8-11-19(27(16)25(29)31-26(3,4)5)13-14-21-20-12-7-6-10-18(20)15-22-23(21)17(2)30-24(22)28/h13-14,16-23H,6-12,15H2,1-5H3/b14-13+/t16?,17-,18+,19?,20-,21+,22-,23+/m1/s1. The van der Waals surface area contributed by atoms with E-state index in [0.29, 0.717) is 17.8 Å². The van der Waals surface area contributed by atoms with Crippen molar-refractivity contribution in [1.82, 2.24) is 4.90 Å². The summed E-state index contributed by atoms with van der Waals surface area (Å²) in [5.74, 6) is 1.98. The number of cyclic esters (lactones) is 1. The predicted molar refractivity (Wildman–Crippen MR) is 120 cm³/mol. The molecule has 5 heteroatoms. The normalized spacial score (nSPS) is 40.9. The number of esters is 1. The van der Waals surface area contributed by atoms with Crippen LogP contribution in [-0.4, -0.2) is 40.8 Å². The van der Waals surface area contributed by atoms with Crippen LogP contribution in [0.3, 0.4) is 0 Å². The number of hydrogen-bond acceptors (Lipinski definition) is 4. The highest BCUT2D eigenvalue weighted by Crippen LogP contribution is 2.53. The monoisotopic (exact) mass is 431 g/mol. The fourth-order valence-corrected chi connectivity index (χ4v) is 6.89. The lowest BCUT2D eigenvalue weighted by Crippen LogP contribution is -2.50. The summed E-state index contributed by atoms with van der Waals surface area (Å²) in [6.45, 7) is 9.97. The van der Waals surface area contributed by atoms with Crippen LogP contribution in [0.5, 0.6) is 0 Å². The molecule has 2 aliphatic heterocycles. The molecule has 2 saturated carbocycles. The van der Waals surface area contributed by atoms with Gasteiger partial charge in [-0.15, -0.1) is 0 Å². The number of carbonyl (C=O) groups is 2. The lowest BCUT2D eigenvalue weighted by Gasteiger charge is -2.46. The first kappa shape index (κ1) is 22.7. The molecule has 0 aromatic carbocycles. The molecule has 174 valence electrons. The maximum absolute atomic E-state index is 13.0. The average Bonchev–Trinajstić information content (AvgIpc) is 2.97. The molecule has 31 heavy (non-hydrogen) atoms. The SMILES string of the molecule is CC1CCCC(/C=C/[C@H]2[C@@H]3CCCC[C@H]3C[C@H]3C(=O)O[C@H](C)[C@@H]23)N1C(=O)OC(C)(C)C. The Hall–Kier alpha value is -1.52. The third kappa shape index (κ3) is 4.66. The molecule has 5 nitrogen and oxygen atoms in total. The van der Waals surface area contributed by atoms with Gasteiger partial charge in [0.2, 0.25) is 0 Å².